The number of hydrogen-bond acceptors (Lipinski definition) is 4. The van der Waals surface area contributed by atoms with Gasteiger partial charge >= 0.3 is 0 Å². The van der Waals surface area contributed by atoms with E-state index in [0.29, 0.717) is 12.2 Å². The molecule has 3 aromatic rings. The highest BCUT2D eigenvalue weighted by atomic mass is 16.3. The van der Waals surface area contributed by atoms with Crippen molar-refractivity contribution in [1.29, 1.82) is 0 Å². The van der Waals surface area contributed by atoms with Crippen LogP contribution < -0.4 is 5.32 Å². The SMILES string of the molecule is Cc1ccc(O)c(CNc2cccc3cccnc23)n1. The number of benzene rings is 1. The van der Waals surface area contributed by atoms with E-state index in [2.05, 4.69) is 15.3 Å². The quantitative estimate of drug-likeness (QED) is 0.763. The number of fused-ring (bicyclic) bond motifs is 1. The molecular weight excluding hydrogens is 250 g/mol. The zero-order valence-electron chi connectivity index (χ0n) is 11.2. The van der Waals surface area contributed by atoms with Crippen molar-refractivity contribution in [1.82, 2.24) is 9.97 Å². The molecule has 0 aliphatic rings. The second-order valence-corrected chi connectivity index (χ2v) is 4.65. The minimum absolute atomic E-state index is 0.205. The van der Waals surface area contributed by atoms with E-state index in [0.717, 1.165) is 22.3 Å². The van der Waals surface area contributed by atoms with Crippen molar-refractivity contribution in [2.24, 2.45) is 0 Å². The van der Waals surface area contributed by atoms with Crippen LogP contribution in [0.1, 0.15) is 11.4 Å². The second kappa shape index (κ2) is 5.17. The normalized spacial score (nSPS) is 10.7. The highest BCUT2D eigenvalue weighted by molar-refractivity contribution is 5.90. The van der Waals surface area contributed by atoms with Gasteiger partial charge in [-0.2, -0.15) is 0 Å². The van der Waals surface area contributed by atoms with Gasteiger partial charge in [0.1, 0.15) is 11.4 Å². The zero-order chi connectivity index (χ0) is 13.9. The summed E-state index contributed by atoms with van der Waals surface area (Å²) in [5.41, 5.74) is 3.38. The molecule has 4 heteroatoms. The first-order chi connectivity index (χ1) is 9.74. The van der Waals surface area contributed by atoms with Gasteiger partial charge in [0.2, 0.25) is 0 Å². The van der Waals surface area contributed by atoms with Crippen LogP contribution in [0, 0.1) is 6.92 Å². The fraction of sp³-hybridized carbons (Fsp3) is 0.125. The third-order valence-electron chi connectivity index (χ3n) is 3.17. The molecule has 1 aromatic carbocycles. The Morgan fingerprint density at radius 3 is 2.85 bits per heavy atom. The fourth-order valence-corrected chi connectivity index (χ4v) is 2.16. The van der Waals surface area contributed by atoms with Crippen LogP contribution in [0.3, 0.4) is 0 Å². The Kier molecular flexibility index (Phi) is 3.21. The van der Waals surface area contributed by atoms with Crippen molar-refractivity contribution in [2.75, 3.05) is 5.32 Å². The summed E-state index contributed by atoms with van der Waals surface area (Å²) < 4.78 is 0. The molecule has 0 saturated heterocycles. The van der Waals surface area contributed by atoms with Gasteiger partial charge in [0, 0.05) is 17.3 Å². The van der Waals surface area contributed by atoms with Crippen molar-refractivity contribution in [3.05, 3.63) is 60.0 Å². The first kappa shape index (κ1) is 12.4. The van der Waals surface area contributed by atoms with Crippen LogP contribution >= 0.6 is 0 Å². The van der Waals surface area contributed by atoms with Crippen LogP contribution in [0.2, 0.25) is 0 Å². The monoisotopic (exact) mass is 265 g/mol. The van der Waals surface area contributed by atoms with E-state index in [1.165, 1.54) is 0 Å². The average Bonchev–Trinajstić information content (AvgIpc) is 2.48. The lowest BCUT2D eigenvalue weighted by molar-refractivity contribution is 0.464. The van der Waals surface area contributed by atoms with Gasteiger partial charge in [0.05, 0.1) is 17.7 Å². The van der Waals surface area contributed by atoms with Gasteiger partial charge in [0.15, 0.2) is 0 Å². The molecule has 20 heavy (non-hydrogen) atoms. The molecule has 0 fully saturated rings. The van der Waals surface area contributed by atoms with E-state index < -0.39 is 0 Å². The third-order valence-corrected chi connectivity index (χ3v) is 3.17. The number of hydrogen-bond donors (Lipinski definition) is 2. The standard InChI is InChI=1S/C16H15N3O/c1-11-7-8-15(20)14(19-11)10-18-13-6-2-4-12-5-3-9-17-16(12)13/h2-9,18,20H,10H2,1H3. The highest BCUT2D eigenvalue weighted by Gasteiger charge is 2.05. The van der Waals surface area contributed by atoms with Gasteiger partial charge in [-0.1, -0.05) is 18.2 Å². The molecule has 0 amide bonds. The lowest BCUT2D eigenvalue weighted by Crippen LogP contribution is -2.03. The number of pyridine rings is 2. The van der Waals surface area contributed by atoms with Crippen LogP contribution in [0.5, 0.6) is 5.75 Å². The molecule has 2 aromatic heterocycles. The molecule has 0 atom stereocenters. The first-order valence-electron chi connectivity index (χ1n) is 6.47. The van der Waals surface area contributed by atoms with Gasteiger partial charge in [-0.15, -0.1) is 0 Å². The van der Waals surface area contributed by atoms with Crippen molar-refractivity contribution in [3.8, 4) is 5.75 Å². The molecule has 4 nitrogen and oxygen atoms in total. The van der Waals surface area contributed by atoms with Crippen LogP contribution in [-0.2, 0) is 6.54 Å². The number of aromatic hydroxyl groups is 1. The van der Waals surface area contributed by atoms with Gasteiger partial charge in [-0.3, -0.25) is 9.97 Å². The summed E-state index contributed by atoms with van der Waals surface area (Å²) in [6.45, 7) is 2.37. The number of aromatic nitrogens is 2. The van der Waals surface area contributed by atoms with Gasteiger partial charge in [-0.25, -0.2) is 0 Å². The predicted octanol–water partition coefficient (Wildman–Crippen LogP) is 3.26. The lowest BCUT2D eigenvalue weighted by Gasteiger charge is -2.10. The molecular formula is C16H15N3O. The molecule has 2 N–H and O–H groups in total. The Bertz CT molecular complexity index is 750. The molecule has 2 heterocycles. The number of para-hydroxylation sites is 1. The third kappa shape index (κ3) is 2.40. The summed E-state index contributed by atoms with van der Waals surface area (Å²) >= 11 is 0. The Labute approximate surface area is 117 Å². The average molecular weight is 265 g/mol. The summed E-state index contributed by atoms with van der Waals surface area (Å²) in [5.74, 6) is 0.205. The molecule has 0 aliphatic carbocycles. The number of anilines is 1. The molecule has 0 unspecified atom stereocenters. The predicted molar refractivity (Wildman–Crippen MR) is 79.7 cm³/mol. The van der Waals surface area contributed by atoms with Gasteiger partial charge in [0.25, 0.3) is 0 Å². The van der Waals surface area contributed by atoms with Crippen LogP contribution in [0.15, 0.2) is 48.7 Å². The van der Waals surface area contributed by atoms with Crippen LogP contribution in [0.25, 0.3) is 10.9 Å². The van der Waals surface area contributed by atoms with Crippen LogP contribution in [0.4, 0.5) is 5.69 Å². The zero-order valence-corrected chi connectivity index (χ0v) is 11.2. The first-order valence-corrected chi connectivity index (χ1v) is 6.47. The Morgan fingerprint density at radius 1 is 1.10 bits per heavy atom. The molecule has 100 valence electrons. The van der Waals surface area contributed by atoms with Crippen molar-refractivity contribution < 1.29 is 5.11 Å². The molecule has 0 bridgehead atoms. The van der Waals surface area contributed by atoms with Gasteiger partial charge < -0.3 is 10.4 Å². The van der Waals surface area contributed by atoms with E-state index >= 15 is 0 Å². The molecule has 0 spiro atoms. The summed E-state index contributed by atoms with van der Waals surface area (Å²) in [7, 11) is 0. The fourth-order valence-electron chi connectivity index (χ4n) is 2.16. The molecule has 3 rings (SSSR count). The Balaban J connectivity index is 1.89. The van der Waals surface area contributed by atoms with Crippen molar-refractivity contribution in [2.45, 2.75) is 13.5 Å². The van der Waals surface area contributed by atoms with E-state index in [9.17, 15) is 5.11 Å². The summed E-state index contributed by atoms with van der Waals surface area (Å²) in [5, 5.41) is 14.2. The summed E-state index contributed by atoms with van der Waals surface area (Å²) in [6, 6.07) is 13.4. The number of nitrogens with zero attached hydrogens (tertiary/aromatic N) is 2. The smallest absolute Gasteiger partial charge is 0.138 e. The second-order valence-electron chi connectivity index (χ2n) is 4.65. The van der Waals surface area contributed by atoms with E-state index in [4.69, 9.17) is 0 Å². The highest BCUT2D eigenvalue weighted by Crippen LogP contribution is 2.22. The number of rotatable bonds is 3. The molecule has 0 saturated carbocycles. The maximum atomic E-state index is 9.81. The number of aryl methyl sites for hydroxylation is 1. The van der Waals surface area contributed by atoms with E-state index in [1.807, 2.05) is 37.3 Å². The van der Waals surface area contributed by atoms with E-state index in [-0.39, 0.29) is 5.75 Å². The van der Waals surface area contributed by atoms with E-state index in [1.54, 1.807) is 18.3 Å². The number of nitrogens with one attached hydrogen (secondary N) is 1. The molecule has 0 radical (unpaired) electrons. The van der Waals surface area contributed by atoms with Crippen molar-refractivity contribution in [3.63, 3.8) is 0 Å². The Morgan fingerprint density at radius 2 is 1.95 bits per heavy atom. The van der Waals surface area contributed by atoms with Gasteiger partial charge in [-0.05, 0) is 31.2 Å². The summed E-state index contributed by atoms with van der Waals surface area (Å²) in [6.07, 6.45) is 1.77. The lowest BCUT2D eigenvalue weighted by atomic mass is 10.2. The Hall–Kier alpha value is -2.62. The minimum atomic E-state index is 0.205. The topological polar surface area (TPSA) is 58.0 Å². The van der Waals surface area contributed by atoms with Crippen molar-refractivity contribution >= 4 is 16.6 Å². The largest absolute Gasteiger partial charge is 0.506 e. The molecule has 0 aliphatic heterocycles. The maximum absolute atomic E-state index is 9.81. The summed E-state index contributed by atoms with van der Waals surface area (Å²) in [4.78, 5) is 8.72. The van der Waals surface area contributed by atoms with Crippen LogP contribution in [-0.4, -0.2) is 15.1 Å². The minimum Gasteiger partial charge on any atom is -0.506 e. The maximum Gasteiger partial charge on any atom is 0.138 e.